The Hall–Kier alpha value is -1.93. The normalized spacial score (nSPS) is 33.2. The lowest BCUT2D eigenvalue weighted by atomic mass is 9.61. The highest BCUT2D eigenvalue weighted by Crippen LogP contribution is 2.50. The third-order valence-corrected chi connectivity index (χ3v) is 7.33. The molecule has 2 aromatic rings. The van der Waals surface area contributed by atoms with Gasteiger partial charge in [0.05, 0.1) is 0 Å². The Balaban J connectivity index is 1.46. The largest absolute Gasteiger partial charge is 0.296 e. The van der Waals surface area contributed by atoms with Crippen LogP contribution in [0.5, 0.6) is 0 Å². The molecular formula is C25H31N2+. The molecule has 140 valence electrons. The van der Waals surface area contributed by atoms with Crippen LogP contribution in [0.1, 0.15) is 36.3 Å². The number of nitrogens with zero attached hydrogens (tertiary/aromatic N) is 2. The van der Waals surface area contributed by atoms with Gasteiger partial charge < -0.3 is 0 Å². The van der Waals surface area contributed by atoms with Crippen molar-refractivity contribution in [3.8, 4) is 0 Å². The van der Waals surface area contributed by atoms with Crippen LogP contribution in [-0.2, 0) is 6.54 Å². The molecule has 0 bridgehead atoms. The van der Waals surface area contributed by atoms with E-state index in [0.717, 1.165) is 24.3 Å². The van der Waals surface area contributed by atoms with Gasteiger partial charge in [-0.05, 0) is 48.8 Å². The summed E-state index contributed by atoms with van der Waals surface area (Å²) in [5, 5.41) is 0. The van der Waals surface area contributed by atoms with Crippen molar-refractivity contribution in [2.45, 2.75) is 37.8 Å². The van der Waals surface area contributed by atoms with Crippen molar-refractivity contribution in [2.24, 2.45) is 17.8 Å². The zero-order valence-electron chi connectivity index (χ0n) is 16.4. The van der Waals surface area contributed by atoms with Gasteiger partial charge >= 0.3 is 0 Å². The van der Waals surface area contributed by atoms with E-state index in [1.807, 2.05) is 0 Å². The summed E-state index contributed by atoms with van der Waals surface area (Å²) >= 11 is 0. The lowest BCUT2D eigenvalue weighted by Gasteiger charge is -2.50. The molecular weight excluding hydrogens is 328 g/mol. The zero-order chi connectivity index (χ0) is 18.2. The van der Waals surface area contributed by atoms with Crippen LogP contribution >= 0.6 is 0 Å². The first-order chi connectivity index (χ1) is 13.3. The molecule has 0 amide bonds. The van der Waals surface area contributed by atoms with Gasteiger partial charge in [-0.2, -0.15) is 0 Å². The first-order valence-corrected chi connectivity index (χ1v) is 10.7. The van der Waals surface area contributed by atoms with Crippen molar-refractivity contribution < 1.29 is 4.58 Å². The van der Waals surface area contributed by atoms with Crippen LogP contribution in [0.15, 0.2) is 60.7 Å². The molecule has 0 radical (unpaired) electrons. The molecule has 3 aliphatic rings. The summed E-state index contributed by atoms with van der Waals surface area (Å²) in [5.41, 5.74) is 3.02. The van der Waals surface area contributed by atoms with Gasteiger partial charge in [0.15, 0.2) is 0 Å². The quantitative estimate of drug-likeness (QED) is 0.736. The monoisotopic (exact) mass is 359 g/mol. The molecule has 2 aliphatic heterocycles. The summed E-state index contributed by atoms with van der Waals surface area (Å²) in [5.74, 6) is 3.06. The highest BCUT2D eigenvalue weighted by atomic mass is 15.2. The third-order valence-electron chi connectivity index (χ3n) is 7.33. The molecule has 1 aliphatic carbocycles. The number of rotatable bonds is 3. The summed E-state index contributed by atoms with van der Waals surface area (Å²) in [6, 6.07) is 23.1. The Morgan fingerprint density at radius 3 is 2.48 bits per heavy atom. The topological polar surface area (TPSA) is 6.25 Å². The Kier molecular flexibility index (Phi) is 4.61. The predicted molar refractivity (Wildman–Crippen MR) is 111 cm³/mol. The second-order valence-electron chi connectivity index (χ2n) is 8.91. The van der Waals surface area contributed by atoms with E-state index < -0.39 is 0 Å². The fourth-order valence-corrected chi connectivity index (χ4v) is 6.21. The van der Waals surface area contributed by atoms with Crippen molar-refractivity contribution >= 4 is 6.21 Å². The lowest BCUT2D eigenvalue weighted by molar-refractivity contribution is -0.490. The second kappa shape index (κ2) is 7.24. The van der Waals surface area contributed by atoms with E-state index in [0.29, 0.717) is 12.0 Å². The van der Waals surface area contributed by atoms with Gasteiger partial charge in [0.2, 0.25) is 0 Å². The SMILES string of the molecule is C[N+]1=CC2C(C1)C(c1ccccc1)CC1C2CCCN1Cc1ccccc1. The van der Waals surface area contributed by atoms with Crippen LogP contribution < -0.4 is 0 Å². The van der Waals surface area contributed by atoms with E-state index in [-0.39, 0.29) is 0 Å². The van der Waals surface area contributed by atoms with Crippen LogP contribution in [0, 0.1) is 17.8 Å². The number of likely N-dealkylation sites (tertiary alicyclic amines) is 1. The molecule has 2 fully saturated rings. The number of piperidine rings is 1. The standard InChI is InChI=1S/C25H31N2/c1-26-17-23-21-13-8-14-27(16-19-9-4-2-5-10-19)25(21)15-22(24(23)18-26)20-11-6-3-7-12-20/h2-7,9-12,17,21-25H,8,13-16,18H2,1H3/q+1. The summed E-state index contributed by atoms with van der Waals surface area (Å²) in [6.45, 7) is 3.59. The maximum absolute atomic E-state index is 2.81. The Labute approximate surface area is 163 Å². The van der Waals surface area contributed by atoms with E-state index in [1.54, 1.807) is 5.56 Å². The van der Waals surface area contributed by atoms with Crippen LogP contribution in [-0.4, -0.2) is 41.9 Å². The Bertz CT molecular complexity index is 798. The van der Waals surface area contributed by atoms with Gasteiger partial charge in [-0.15, -0.1) is 0 Å². The average Bonchev–Trinajstić information content (AvgIpc) is 3.11. The maximum Gasteiger partial charge on any atom is 0.146 e. The van der Waals surface area contributed by atoms with Crippen molar-refractivity contribution in [2.75, 3.05) is 20.1 Å². The number of benzene rings is 2. The summed E-state index contributed by atoms with van der Waals surface area (Å²) in [7, 11) is 2.28. The minimum Gasteiger partial charge on any atom is -0.296 e. The fraction of sp³-hybridized carbons (Fsp3) is 0.480. The summed E-state index contributed by atoms with van der Waals surface area (Å²) in [6.07, 6.45) is 6.65. The average molecular weight is 360 g/mol. The first kappa shape index (κ1) is 17.2. The summed E-state index contributed by atoms with van der Waals surface area (Å²) in [4.78, 5) is 2.81. The molecule has 5 atom stereocenters. The van der Waals surface area contributed by atoms with E-state index in [9.17, 15) is 0 Å². The molecule has 2 aromatic carbocycles. The second-order valence-corrected chi connectivity index (χ2v) is 8.91. The minimum atomic E-state index is 0.690. The molecule has 5 rings (SSSR count). The molecule has 5 unspecified atom stereocenters. The van der Waals surface area contributed by atoms with Crippen LogP contribution in [0.4, 0.5) is 0 Å². The number of hydrogen-bond donors (Lipinski definition) is 0. The van der Waals surface area contributed by atoms with Crippen LogP contribution in [0.3, 0.4) is 0 Å². The van der Waals surface area contributed by atoms with Gasteiger partial charge in [-0.25, -0.2) is 4.58 Å². The van der Waals surface area contributed by atoms with E-state index in [4.69, 9.17) is 0 Å². The molecule has 0 spiro atoms. The highest BCUT2D eigenvalue weighted by molar-refractivity contribution is 5.59. The summed E-state index contributed by atoms with van der Waals surface area (Å²) < 4.78 is 2.48. The Morgan fingerprint density at radius 1 is 0.963 bits per heavy atom. The van der Waals surface area contributed by atoms with Crippen molar-refractivity contribution in [1.82, 2.24) is 4.90 Å². The van der Waals surface area contributed by atoms with E-state index >= 15 is 0 Å². The predicted octanol–water partition coefficient (Wildman–Crippen LogP) is 4.41. The highest BCUT2D eigenvalue weighted by Gasteiger charge is 2.52. The number of hydrogen-bond acceptors (Lipinski definition) is 1. The smallest absolute Gasteiger partial charge is 0.146 e. The van der Waals surface area contributed by atoms with Crippen LogP contribution in [0.25, 0.3) is 0 Å². The molecule has 1 saturated carbocycles. The molecule has 2 heterocycles. The first-order valence-electron chi connectivity index (χ1n) is 10.7. The fourth-order valence-electron chi connectivity index (χ4n) is 6.21. The number of fused-ring (bicyclic) bond motifs is 3. The minimum absolute atomic E-state index is 0.690. The molecule has 1 saturated heterocycles. The van der Waals surface area contributed by atoms with E-state index in [2.05, 4.69) is 83.4 Å². The molecule has 0 aromatic heterocycles. The van der Waals surface area contributed by atoms with Crippen LogP contribution in [0.2, 0.25) is 0 Å². The molecule has 2 nitrogen and oxygen atoms in total. The maximum atomic E-state index is 2.81. The van der Waals surface area contributed by atoms with Gasteiger partial charge in [-0.3, -0.25) is 4.90 Å². The van der Waals surface area contributed by atoms with Crippen molar-refractivity contribution in [3.05, 3.63) is 71.8 Å². The lowest BCUT2D eigenvalue weighted by Crippen LogP contribution is -2.53. The van der Waals surface area contributed by atoms with Gasteiger partial charge in [0.1, 0.15) is 19.8 Å². The molecule has 27 heavy (non-hydrogen) atoms. The third kappa shape index (κ3) is 3.25. The van der Waals surface area contributed by atoms with Gasteiger partial charge in [0.25, 0.3) is 0 Å². The van der Waals surface area contributed by atoms with Gasteiger partial charge in [0, 0.05) is 24.4 Å². The molecule has 0 N–H and O–H groups in total. The van der Waals surface area contributed by atoms with Crippen molar-refractivity contribution in [3.63, 3.8) is 0 Å². The van der Waals surface area contributed by atoms with Gasteiger partial charge in [-0.1, -0.05) is 60.7 Å². The zero-order valence-corrected chi connectivity index (χ0v) is 16.4. The Morgan fingerprint density at radius 2 is 1.70 bits per heavy atom. The van der Waals surface area contributed by atoms with E-state index in [1.165, 1.54) is 37.9 Å². The molecule has 2 heteroatoms. The van der Waals surface area contributed by atoms with Crippen molar-refractivity contribution in [1.29, 1.82) is 0 Å².